The lowest BCUT2D eigenvalue weighted by molar-refractivity contribution is 0.862. The highest BCUT2D eigenvalue weighted by Crippen LogP contribution is 2.42. The fraction of sp³-hybridized carbons (Fsp3) is 0.378. The molecule has 266 valence electrons. The SMILES string of the molecule is CCN(CC)c1ccc(C(=CC=CC(I)(c2ccc(N(CC)CC)cc2)c2ccc(N(CC)CC)cc2)c2ccc(N(CC)CC)cc2)cc1. The van der Waals surface area contributed by atoms with Crippen LogP contribution in [0.2, 0.25) is 0 Å². The summed E-state index contributed by atoms with van der Waals surface area (Å²) < 4.78 is -0.359. The molecule has 0 unspecified atom stereocenters. The molecule has 4 nitrogen and oxygen atoms in total. The smallest absolute Gasteiger partial charge is 0.0902 e. The Balaban J connectivity index is 1.83. The number of hydrogen-bond donors (Lipinski definition) is 0. The molecule has 0 spiro atoms. The average molecular weight is 783 g/mol. The minimum absolute atomic E-state index is 0.359. The summed E-state index contributed by atoms with van der Waals surface area (Å²) in [6.45, 7) is 25.7. The molecule has 0 N–H and O–H groups in total. The van der Waals surface area contributed by atoms with Crippen LogP contribution in [0.3, 0.4) is 0 Å². The Kier molecular flexibility index (Phi) is 14.9. The van der Waals surface area contributed by atoms with Gasteiger partial charge in [0.1, 0.15) is 0 Å². The second-order valence-electron chi connectivity index (χ2n) is 12.5. The van der Waals surface area contributed by atoms with Gasteiger partial charge >= 0.3 is 0 Å². The molecule has 0 aromatic heterocycles. The second-order valence-corrected chi connectivity index (χ2v) is 14.2. The molecule has 0 saturated carbocycles. The molecule has 4 rings (SSSR count). The van der Waals surface area contributed by atoms with Crippen molar-refractivity contribution in [1.82, 2.24) is 0 Å². The fourth-order valence-corrected chi connectivity index (χ4v) is 7.81. The number of nitrogens with zero attached hydrogens (tertiary/aromatic N) is 4. The van der Waals surface area contributed by atoms with Crippen molar-refractivity contribution in [2.24, 2.45) is 0 Å². The standard InChI is InChI=1S/C45H59IN4/c1-9-47(10-2)40-27-19-36(20-28-40)44(37-21-29-41(30-22-37)48(11-3)12-4)18-17-35-45(46,38-23-31-42(32-24-38)49(13-5)14-6)39-25-33-43(34-26-39)50(15-7)16-8/h17-35H,9-16H2,1-8H3. The van der Waals surface area contributed by atoms with Crippen LogP contribution in [-0.2, 0) is 3.42 Å². The van der Waals surface area contributed by atoms with E-state index in [2.05, 4.69) is 213 Å². The van der Waals surface area contributed by atoms with Crippen LogP contribution in [-0.4, -0.2) is 52.4 Å². The highest BCUT2D eigenvalue weighted by atomic mass is 127. The molecule has 0 heterocycles. The Bertz CT molecular complexity index is 1510. The van der Waals surface area contributed by atoms with Crippen LogP contribution in [0.15, 0.2) is 115 Å². The predicted molar refractivity (Wildman–Crippen MR) is 231 cm³/mol. The van der Waals surface area contributed by atoms with Crippen molar-refractivity contribution in [2.45, 2.75) is 58.8 Å². The predicted octanol–water partition coefficient (Wildman–Crippen LogP) is 11.4. The number of allylic oxidation sites excluding steroid dienone is 3. The lowest BCUT2D eigenvalue weighted by atomic mass is 9.89. The summed E-state index contributed by atoms with van der Waals surface area (Å²) in [6, 6.07) is 36.5. The molecule has 0 fully saturated rings. The van der Waals surface area contributed by atoms with E-state index in [4.69, 9.17) is 0 Å². The van der Waals surface area contributed by atoms with Gasteiger partial charge in [0.2, 0.25) is 0 Å². The molecular formula is C45H59IN4. The number of hydrogen-bond acceptors (Lipinski definition) is 4. The number of halogens is 1. The summed E-state index contributed by atoms with van der Waals surface area (Å²) >= 11 is 2.66. The zero-order chi connectivity index (χ0) is 36.1. The van der Waals surface area contributed by atoms with Gasteiger partial charge in [-0.25, -0.2) is 0 Å². The van der Waals surface area contributed by atoms with Crippen LogP contribution < -0.4 is 19.6 Å². The first-order valence-electron chi connectivity index (χ1n) is 18.8. The van der Waals surface area contributed by atoms with Gasteiger partial charge in [0.05, 0.1) is 3.42 Å². The highest BCUT2D eigenvalue weighted by molar-refractivity contribution is 14.1. The van der Waals surface area contributed by atoms with Crippen LogP contribution in [0.5, 0.6) is 0 Å². The second kappa shape index (κ2) is 19.1. The molecule has 50 heavy (non-hydrogen) atoms. The Labute approximate surface area is 317 Å². The van der Waals surface area contributed by atoms with Crippen LogP contribution in [0.25, 0.3) is 5.57 Å². The third kappa shape index (κ3) is 9.14. The van der Waals surface area contributed by atoms with E-state index in [0.717, 1.165) is 52.4 Å². The summed E-state index contributed by atoms with van der Waals surface area (Å²) in [6.07, 6.45) is 6.96. The van der Waals surface area contributed by atoms with Gasteiger partial charge in [0, 0.05) is 75.1 Å². The lowest BCUT2D eigenvalue weighted by Gasteiger charge is -2.28. The summed E-state index contributed by atoms with van der Waals surface area (Å²) in [5.41, 5.74) is 11.2. The van der Waals surface area contributed by atoms with Crippen LogP contribution in [0.1, 0.15) is 77.6 Å². The van der Waals surface area contributed by atoms with Gasteiger partial charge < -0.3 is 19.6 Å². The largest absolute Gasteiger partial charge is 0.372 e. The van der Waals surface area contributed by atoms with Gasteiger partial charge in [-0.1, -0.05) is 89.3 Å². The number of anilines is 4. The number of rotatable bonds is 18. The molecule has 0 amide bonds. The number of alkyl halides is 1. The lowest BCUT2D eigenvalue weighted by Crippen LogP contribution is -2.23. The maximum atomic E-state index is 2.66. The monoisotopic (exact) mass is 782 g/mol. The molecule has 4 aromatic rings. The molecule has 0 radical (unpaired) electrons. The Morgan fingerprint density at radius 3 is 0.960 bits per heavy atom. The van der Waals surface area contributed by atoms with E-state index in [1.807, 2.05) is 0 Å². The average Bonchev–Trinajstić information content (AvgIpc) is 3.16. The van der Waals surface area contributed by atoms with Crippen LogP contribution >= 0.6 is 22.6 Å². The molecule has 0 atom stereocenters. The molecule has 5 heteroatoms. The molecule has 0 aliphatic rings. The van der Waals surface area contributed by atoms with Gasteiger partial charge in [0.15, 0.2) is 0 Å². The summed E-state index contributed by atoms with van der Waals surface area (Å²) in [7, 11) is 0. The van der Waals surface area contributed by atoms with Crippen molar-refractivity contribution in [3.05, 3.63) is 138 Å². The van der Waals surface area contributed by atoms with Crippen molar-refractivity contribution in [3.8, 4) is 0 Å². The van der Waals surface area contributed by atoms with Gasteiger partial charge in [-0.2, -0.15) is 0 Å². The van der Waals surface area contributed by atoms with Crippen molar-refractivity contribution < 1.29 is 0 Å². The minimum atomic E-state index is -0.359. The van der Waals surface area contributed by atoms with Gasteiger partial charge in [-0.15, -0.1) is 0 Å². The van der Waals surface area contributed by atoms with E-state index >= 15 is 0 Å². The molecule has 0 aliphatic heterocycles. The Hall–Kier alpha value is -3.71. The summed E-state index contributed by atoms with van der Waals surface area (Å²) in [4.78, 5) is 9.60. The normalized spacial score (nSPS) is 11.5. The van der Waals surface area contributed by atoms with Crippen molar-refractivity contribution >= 4 is 50.9 Å². The van der Waals surface area contributed by atoms with E-state index in [1.165, 1.54) is 50.6 Å². The zero-order valence-electron chi connectivity index (χ0n) is 31.8. The van der Waals surface area contributed by atoms with Gasteiger partial charge in [-0.05, 0) is 132 Å². The Morgan fingerprint density at radius 1 is 0.440 bits per heavy atom. The maximum Gasteiger partial charge on any atom is 0.0902 e. The molecule has 0 bridgehead atoms. The topological polar surface area (TPSA) is 13.0 Å². The van der Waals surface area contributed by atoms with E-state index in [-0.39, 0.29) is 3.42 Å². The summed E-state index contributed by atoms with van der Waals surface area (Å²) in [5.74, 6) is 0. The van der Waals surface area contributed by atoms with E-state index < -0.39 is 0 Å². The van der Waals surface area contributed by atoms with E-state index in [1.54, 1.807) is 0 Å². The molecular weight excluding hydrogens is 723 g/mol. The van der Waals surface area contributed by atoms with Gasteiger partial charge in [0.25, 0.3) is 0 Å². The minimum Gasteiger partial charge on any atom is -0.372 e. The first-order chi connectivity index (χ1) is 24.3. The third-order valence-corrected chi connectivity index (χ3v) is 11.6. The van der Waals surface area contributed by atoms with Gasteiger partial charge in [-0.3, -0.25) is 0 Å². The molecule has 0 saturated heterocycles. The maximum absolute atomic E-state index is 2.66. The third-order valence-electron chi connectivity index (χ3n) is 10.0. The highest BCUT2D eigenvalue weighted by Gasteiger charge is 2.28. The first kappa shape index (κ1) is 39.1. The quantitative estimate of drug-likeness (QED) is 0.0566. The first-order valence-corrected chi connectivity index (χ1v) is 19.9. The van der Waals surface area contributed by atoms with Crippen LogP contribution in [0, 0.1) is 0 Å². The van der Waals surface area contributed by atoms with E-state index in [0.29, 0.717) is 0 Å². The molecule has 4 aromatic carbocycles. The van der Waals surface area contributed by atoms with Crippen molar-refractivity contribution in [3.63, 3.8) is 0 Å². The Morgan fingerprint density at radius 2 is 0.700 bits per heavy atom. The fourth-order valence-electron chi connectivity index (χ4n) is 6.88. The van der Waals surface area contributed by atoms with Crippen molar-refractivity contribution in [2.75, 3.05) is 72.0 Å². The van der Waals surface area contributed by atoms with Crippen LogP contribution in [0.4, 0.5) is 22.7 Å². The summed E-state index contributed by atoms with van der Waals surface area (Å²) in [5, 5.41) is 0. The molecule has 0 aliphatic carbocycles. The van der Waals surface area contributed by atoms with Crippen molar-refractivity contribution in [1.29, 1.82) is 0 Å². The van der Waals surface area contributed by atoms with E-state index in [9.17, 15) is 0 Å². The zero-order valence-corrected chi connectivity index (χ0v) is 34.0. The number of benzene rings is 4.